The second kappa shape index (κ2) is 10.9. The lowest BCUT2D eigenvalue weighted by Crippen LogP contribution is -2.48. The van der Waals surface area contributed by atoms with Gasteiger partial charge in [-0.15, -0.1) is 0 Å². The van der Waals surface area contributed by atoms with Crippen molar-refractivity contribution in [2.45, 2.75) is 52.6 Å². The van der Waals surface area contributed by atoms with Crippen molar-refractivity contribution in [3.05, 3.63) is 70.2 Å². The molecule has 0 fully saturated rings. The lowest BCUT2D eigenvalue weighted by molar-refractivity contribution is -0.140. The summed E-state index contributed by atoms with van der Waals surface area (Å²) in [6.45, 7) is 6.90. The van der Waals surface area contributed by atoms with Crippen LogP contribution >= 0.6 is 11.6 Å². The summed E-state index contributed by atoms with van der Waals surface area (Å²) in [5.41, 5.74) is 2.97. The third-order valence-corrected chi connectivity index (χ3v) is 5.08. The van der Waals surface area contributed by atoms with Gasteiger partial charge in [-0.2, -0.15) is 0 Å². The van der Waals surface area contributed by atoms with Crippen LogP contribution in [0.2, 0.25) is 5.02 Å². The van der Waals surface area contributed by atoms with Gasteiger partial charge >= 0.3 is 0 Å². The molecule has 2 amide bonds. The van der Waals surface area contributed by atoms with E-state index in [1.54, 1.807) is 24.0 Å². The van der Waals surface area contributed by atoms with Gasteiger partial charge in [0.1, 0.15) is 6.04 Å². The van der Waals surface area contributed by atoms with Crippen molar-refractivity contribution in [2.75, 3.05) is 6.54 Å². The minimum atomic E-state index is -0.553. The number of hydrogen-bond acceptors (Lipinski definition) is 2. The lowest BCUT2D eigenvalue weighted by Gasteiger charge is -2.29. The standard InChI is InChI=1S/C23H29ClN2O2/c1-4-5-13-25-23(28)18(3)26(16-20-11-7-6-9-17(20)2)22(27)15-19-10-8-12-21(24)14-19/h6-12,14,18H,4-5,13,15-16H2,1-3H3,(H,25,28)/t18-/m0/s1. The van der Waals surface area contributed by atoms with Gasteiger partial charge in [0.05, 0.1) is 6.42 Å². The first kappa shape index (κ1) is 22.0. The average molecular weight is 401 g/mol. The Kier molecular flexibility index (Phi) is 8.52. The average Bonchev–Trinajstić information content (AvgIpc) is 2.67. The van der Waals surface area contributed by atoms with Crippen molar-refractivity contribution in [1.82, 2.24) is 10.2 Å². The molecule has 4 nitrogen and oxygen atoms in total. The van der Waals surface area contributed by atoms with E-state index in [1.807, 2.05) is 43.3 Å². The Bertz CT molecular complexity index is 807. The van der Waals surface area contributed by atoms with Crippen LogP contribution in [-0.2, 0) is 22.6 Å². The van der Waals surface area contributed by atoms with Crippen LogP contribution in [0.4, 0.5) is 0 Å². The van der Waals surface area contributed by atoms with Gasteiger partial charge in [-0.3, -0.25) is 9.59 Å². The van der Waals surface area contributed by atoms with Gasteiger partial charge in [0.15, 0.2) is 0 Å². The van der Waals surface area contributed by atoms with Crippen LogP contribution in [0.25, 0.3) is 0 Å². The number of carbonyl (C=O) groups is 2. The Balaban J connectivity index is 2.20. The van der Waals surface area contributed by atoms with Crippen molar-refractivity contribution in [2.24, 2.45) is 0 Å². The molecule has 28 heavy (non-hydrogen) atoms. The fraction of sp³-hybridized carbons (Fsp3) is 0.391. The summed E-state index contributed by atoms with van der Waals surface area (Å²) in [6.07, 6.45) is 2.14. The van der Waals surface area contributed by atoms with E-state index < -0.39 is 6.04 Å². The zero-order valence-electron chi connectivity index (χ0n) is 16.9. The maximum atomic E-state index is 13.1. The zero-order valence-corrected chi connectivity index (χ0v) is 17.6. The number of nitrogens with one attached hydrogen (secondary N) is 1. The minimum absolute atomic E-state index is 0.0938. The summed E-state index contributed by atoms with van der Waals surface area (Å²) in [4.78, 5) is 27.4. The normalized spacial score (nSPS) is 11.7. The summed E-state index contributed by atoms with van der Waals surface area (Å²) in [7, 11) is 0. The monoisotopic (exact) mass is 400 g/mol. The Hall–Kier alpha value is -2.33. The van der Waals surface area contributed by atoms with Crippen LogP contribution < -0.4 is 5.32 Å². The Morgan fingerprint density at radius 2 is 1.89 bits per heavy atom. The molecule has 0 aromatic heterocycles. The highest BCUT2D eigenvalue weighted by Gasteiger charge is 2.26. The highest BCUT2D eigenvalue weighted by molar-refractivity contribution is 6.30. The summed E-state index contributed by atoms with van der Waals surface area (Å²) >= 11 is 6.05. The third-order valence-electron chi connectivity index (χ3n) is 4.84. The first-order valence-electron chi connectivity index (χ1n) is 9.78. The van der Waals surface area contributed by atoms with Crippen LogP contribution in [0.15, 0.2) is 48.5 Å². The third kappa shape index (κ3) is 6.38. The van der Waals surface area contributed by atoms with Gasteiger partial charge < -0.3 is 10.2 Å². The number of amides is 2. The first-order chi connectivity index (χ1) is 13.4. The largest absolute Gasteiger partial charge is 0.354 e. The van der Waals surface area contributed by atoms with Crippen molar-refractivity contribution in [3.63, 3.8) is 0 Å². The number of unbranched alkanes of at least 4 members (excludes halogenated alkanes) is 1. The smallest absolute Gasteiger partial charge is 0.242 e. The van der Waals surface area contributed by atoms with Crippen LogP contribution in [-0.4, -0.2) is 29.3 Å². The predicted octanol–water partition coefficient (Wildman–Crippen LogP) is 4.52. The van der Waals surface area contributed by atoms with E-state index in [1.165, 1.54) is 0 Å². The quantitative estimate of drug-likeness (QED) is 0.629. The highest BCUT2D eigenvalue weighted by atomic mass is 35.5. The molecule has 2 aromatic rings. The van der Waals surface area contributed by atoms with E-state index in [4.69, 9.17) is 11.6 Å². The number of nitrogens with zero attached hydrogens (tertiary/aromatic N) is 1. The number of hydrogen-bond donors (Lipinski definition) is 1. The molecule has 0 bridgehead atoms. The van der Waals surface area contributed by atoms with Crippen molar-refractivity contribution >= 4 is 23.4 Å². The molecule has 0 spiro atoms. The molecule has 0 saturated heterocycles. The van der Waals surface area contributed by atoms with Crippen LogP contribution in [0.3, 0.4) is 0 Å². The minimum Gasteiger partial charge on any atom is -0.354 e. The topological polar surface area (TPSA) is 49.4 Å². The Labute approximate surface area is 172 Å². The fourth-order valence-electron chi connectivity index (χ4n) is 3.01. The molecule has 2 aromatic carbocycles. The molecule has 5 heteroatoms. The number of benzene rings is 2. The molecule has 0 unspecified atom stereocenters. The number of halogens is 1. The van der Waals surface area contributed by atoms with Gasteiger partial charge in [-0.25, -0.2) is 0 Å². The maximum absolute atomic E-state index is 13.1. The molecular weight excluding hydrogens is 372 g/mol. The number of carbonyl (C=O) groups excluding carboxylic acids is 2. The molecule has 2 rings (SSSR count). The maximum Gasteiger partial charge on any atom is 0.242 e. The van der Waals surface area contributed by atoms with Gasteiger partial charge in [0, 0.05) is 18.1 Å². The second-order valence-electron chi connectivity index (χ2n) is 7.08. The van der Waals surface area contributed by atoms with E-state index in [2.05, 4.69) is 12.2 Å². The molecule has 150 valence electrons. The van der Waals surface area contributed by atoms with Crippen LogP contribution in [0.1, 0.15) is 43.4 Å². The lowest BCUT2D eigenvalue weighted by atomic mass is 10.1. The summed E-state index contributed by atoms with van der Waals surface area (Å²) in [5, 5.41) is 3.54. The number of aryl methyl sites for hydroxylation is 1. The molecule has 0 aliphatic carbocycles. The Morgan fingerprint density at radius 3 is 2.57 bits per heavy atom. The van der Waals surface area contributed by atoms with Gasteiger partial charge in [0.2, 0.25) is 11.8 Å². The van der Waals surface area contributed by atoms with Crippen molar-refractivity contribution < 1.29 is 9.59 Å². The van der Waals surface area contributed by atoms with Crippen LogP contribution in [0, 0.1) is 6.92 Å². The molecule has 0 saturated carbocycles. The summed E-state index contributed by atoms with van der Waals surface area (Å²) < 4.78 is 0. The highest BCUT2D eigenvalue weighted by Crippen LogP contribution is 2.17. The van der Waals surface area contributed by atoms with E-state index in [9.17, 15) is 9.59 Å². The molecule has 1 atom stereocenters. The molecule has 0 heterocycles. The van der Waals surface area contributed by atoms with Gasteiger partial charge in [0.25, 0.3) is 0 Å². The van der Waals surface area contributed by atoms with E-state index in [-0.39, 0.29) is 18.2 Å². The molecular formula is C23H29ClN2O2. The summed E-state index contributed by atoms with van der Waals surface area (Å²) in [6, 6.07) is 14.7. The van der Waals surface area contributed by atoms with Crippen molar-refractivity contribution in [1.29, 1.82) is 0 Å². The fourth-order valence-corrected chi connectivity index (χ4v) is 3.23. The van der Waals surface area contributed by atoms with E-state index in [0.29, 0.717) is 18.1 Å². The zero-order chi connectivity index (χ0) is 20.5. The van der Waals surface area contributed by atoms with Gasteiger partial charge in [-0.1, -0.05) is 61.3 Å². The molecule has 0 aliphatic heterocycles. The Morgan fingerprint density at radius 1 is 1.14 bits per heavy atom. The first-order valence-corrected chi connectivity index (χ1v) is 10.2. The molecule has 0 aliphatic rings. The van der Waals surface area contributed by atoms with Crippen molar-refractivity contribution in [3.8, 4) is 0 Å². The van der Waals surface area contributed by atoms with Gasteiger partial charge in [-0.05, 0) is 49.1 Å². The van der Waals surface area contributed by atoms with E-state index in [0.717, 1.165) is 29.5 Å². The molecule has 1 N–H and O–H groups in total. The number of rotatable bonds is 9. The molecule has 0 radical (unpaired) electrons. The summed E-state index contributed by atoms with van der Waals surface area (Å²) in [5.74, 6) is -0.217. The second-order valence-corrected chi connectivity index (χ2v) is 7.51. The predicted molar refractivity (Wildman–Crippen MR) is 114 cm³/mol. The van der Waals surface area contributed by atoms with Crippen LogP contribution in [0.5, 0.6) is 0 Å². The SMILES string of the molecule is CCCCNC(=O)[C@H](C)N(Cc1ccccc1C)C(=O)Cc1cccc(Cl)c1. The van der Waals surface area contributed by atoms with E-state index >= 15 is 0 Å².